The summed E-state index contributed by atoms with van der Waals surface area (Å²) in [5.74, 6) is 0.850. The Morgan fingerprint density at radius 3 is 2.89 bits per heavy atom. The minimum absolute atomic E-state index is 0.516. The molecule has 2 atom stereocenters. The number of likely N-dealkylation sites (N-methyl/N-ethyl adjacent to an activating group) is 1. The third-order valence-corrected chi connectivity index (χ3v) is 4.53. The lowest BCUT2D eigenvalue weighted by Gasteiger charge is -2.27. The summed E-state index contributed by atoms with van der Waals surface area (Å²) in [7, 11) is 2.24. The molecule has 0 amide bonds. The molecule has 98 valence electrons. The number of halogens is 1. The Morgan fingerprint density at radius 2 is 2.06 bits per heavy atom. The van der Waals surface area contributed by atoms with Crippen LogP contribution in [0.25, 0.3) is 0 Å². The summed E-state index contributed by atoms with van der Waals surface area (Å²) in [5.41, 5.74) is 6.75. The van der Waals surface area contributed by atoms with Gasteiger partial charge in [0.15, 0.2) is 5.82 Å². The zero-order valence-electron chi connectivity index (χ0n) is 10.6. The van der Waals surface area contributed by atoms with Crippen LogP contribution in [0.2, 0.25) is 5.15 Å². The van der Waals surface area contributed by atoms with Crippen molar-refractivity contribution in [3.8, 4) is 0 Å². The number of pyridine rings is 1. The summed E-state index contributed by atoms with van der Waals surface area (Å²) in [6.45, 7) is 2.02. The molecule has 0 saturated carbocycles. The molecule has 1 aromatic rings. The highest BCUT2D eigenvalue weighted by Gasteiger charge is 2.35. The monoisotopic (exact) mass is 266 g/mol. The van der Waals surface area contributed by atoms with Crippen LogP contribution in [-0.2, 0) is 0 Å². The number of hydrogen-bond donors (Lipinski definition) is 1. The molecule has 0 aliphatic carbocycles. The Hall–Kier alpha value is -1.00. The predicted molar refractivity (Wildman–Crippen MR) is 75.1 cm³/mol. The average molecular weight is 267 g/mol. The second-order valence-corrected chi connectivity index (χ2v) is 5.72. The molecular weight excluding hydrogens is 248 g/mol. The molecule has 18 heavy (non-hydrogen) atoms. The summed E-state index contributed by atoms with van der Waals surface area (Å²) in [6, 6.07) is 4.94. The van der Waals surface area contributed by atoms with E-state index in [1.807, 2.05) is 6.07 Å². The van der Waals surface area contributed by atoms with E-state index in [-0.39, 0.29) is 0 Å². The quantitative estimate of drug-likeness (QED) is 0.790. The van der Waals surface area contributed by atoms with Crippen LogP contribution in [0.15, 0.2) is 12.1 Å². The van der Waals surface area contributed by atoms with E-state index in [2.05, 4.69) is 21.8 Å². The lowest BCUT2D eigenvalue weighted by molar-refractivity contribution is 0.254. The van der Waals surface area contributed by atoms with Gasteiger partial charge in [-0.1, -0.05) is 11.6 Å². The molecule has 0 spiro atoms. The number of nitrogen functional groups attached to an aromatic ring is 1. The number of hydrogen-bond acceptors (Lipinski definition) is 4. The summed E-state index contributed by atoms with van der Waals surface area (Å²) >= 11 is 5.98. The van der Waals surface area contributed by atoms with Crippen LogP contribution in [0.4, 0.5) is 11.5 Å². The maximum atomic E-state index is 6.03. The van der Waals surface area contributed by atoms with Gasteiger partial charge >= 0.3 is 0 Å². The van der Waals surface area contributed by atoms with Gasteiger partial charge in [0.05, 0.1) is 5.69 Å². The Kier molecular flexibility index (Phi) is 3.08. The highest BCUT2D eigenvalue weighted by atomic mass is 35.5. The largest absolute Gasteiger partial charge is 0.396 e. The Bertz CT molecular complexity index is 451. The molecule has 2 aliphatic heterocycles. The lowest BCUT2D eigenvalue weighted by atomic mass is 10.1. The topological polar surface area (TPSA) is 45.4 Å². The summed E-state index contributed by atoms with van der Waals surface area (Å²) in [5, 5.41) is 0.516. The smallest absolute Gasteiger partial charge is 0.153 e. The van der Waals surface area contributed by atoms with Gasteiger partial charge in [0.25, 0.3) is 0 Å². The second kappa shape index (κ2) is 4.59. The number of rotatable bonds is 1. The molecule has 2 aliphatic rings. The van der Waals surface area contributed by atoms with Crippen molar-refractivity contribution < 1.29 is 0 Å². The molecule has 2 fully saturated rings. The highest BCUT2D eigenvalue weighted by molar-refractivity contribution is 6.29. The van der Waals surface area contributed by atoms with E-state index < -0.39 is 0 Å². The van der Waals surface area contributed by atoms with Crippen molar-refractivity contribution in [1.29, 1.82) is 0 Å². The summed E-state index contributed by atoms with van der Waals surface area (Å²) < 4.78 is 0. The van der Waals surface area contributed by atoms with Gasteiger partial charge in [-0.2, -0.15) is 0 Å². The highest BCUT2D eigenvalue weighted by Crippen LogP contribution is 2.32. The van der Waals surface area contributed by atoms with Crippen LogP contribution in [0.5, 0.6) is 0 Å². The molecule has 0 radical (unpaired) electrons. The van der Waals surface area contributed by atoms with Crippen molar-refractivity contribution in [2.24, 2.45) is 0 Å². The second-order valence-electron chi connectivity index (χ2n) is 5.33. The van der Waals surface area contributed by atoms with Gasteiger partial charge < -0.3 is 10.6 Å². The molecule has 4 nitrogen and oxygen atoms in total. The van der Waals surface area contributed by atoms with Crippen molar-refractivity contribution in [2.45, 2.75) is 31.3 Å². The molecule has 2 unspecified atom stereocenters. The maximum absolute atomic E-state index is 6.03. The number of fused-ring (bicyclic) bond motifs is 2. The van der Waals surface area contributed by atoms with E-state index in [1.165, 1.54) is 19.3 Å². The number of aromatic nitrogens is 1. The molecule has 5 heteroatoms. The first-order valence-corrected chi connectivity index (χ1v) is 6.92. The summed E-state index contributed by atoms with van der Waals surface area (Å²) in [6.07, 6.45) is 3.78. The first-order valence-electron chi connectivity index (χ1n) is 6.54. The number of nitrogens with two attached hydrogens (primary N) is 1. The zero-order valence-corrected chi connectivity index (χ0v) is 11.4. The zero-order chi connectivity index (χ0) is 12.7. The first kappa shape index (κ1) is 12.1. The van der Waals surface area contributed by atoms with Crippen LogP contribution in [-0.4, -0.2) is 42.1 Å². The van der Waals surface area contributed by atoms with Crippen molar-refractivity contribution in [3.05, 3.63) is 17.3 Å². The van der Waals surface area contributed by atoms with Gasteiger partial charge in [-0.05, 0) is 38.4 Å². The molecule has 3 rings (SSSR count). The van der Waals surface area contributed by atoms with Gasteiger partial charge in [0.2, 0.25) is 0 Å². The van der Waals surface area contributed by atoms with Crippen LogP contribution in [0.1, 0.15) is 19.3 Å². The van der Waals surface area contributed by atoms with Crippen LogP contribution in [0, 0.1) is 0 Å². The maximum Gasteiger partial charge on any atom is 0.153 e. The Morgan fingerprint density at radius 1 is 1.28 bits per heavy atom. The first-order chi connectivity index (χ1) is 8.65. The fourth-order valence-electron chi connectivity index (χ4n) is 3.19. The Balaban J connectivity index is 1.87. The molecule has 0 aromatic carbocycles. The normalized spacial score (nSPS) is 28.4. The van der Waals surface area contributed by atoms with Crippen molar-refractivity contribution >= 4 is 23.1 Å². The molecule has 1 aromatic heterocycles. The van der Waals surface area contributed by atoms with E-state index in [4.69, 9.17) is 17.3 Å². The van der Waals surface area contributed by atoms with E-state index in [0.29, 0.717) is 11.2 Å². The van der Waals surface area contributed by atoms with E-state index >= 15 is 0 Å². The minimum atomic E-state index is 0.516. The molecule has 3 heterocycles. The molecule has 2 saturated heterocycles. The standard InChI is InChI=1S/C13H19ClN4/c1-17-9-2-3-10(17)8-18(7-6-9)13-11(15)4-5-12(14)16-13/h4-5,9-10H,2-3,6-8,15H2,1H3. The van der Waals surface area contributed by atoms with Gasteiger partial charge in [-0.25, -0.2) is 4.98 Å². The molecule has 2 bridgehead atoms. The van der Waals surface area contributed by atoms with Crippen LogP contribution in [0.3, 0.4) is 0 Å². The predicted octanol–water partition coefficient (Wildman–Crippen LogP) is 1.99. The van der Waals surface area contributed by atoms with E-state index in [9.17, 15) is 0 Å². The fourth-order valence-corrected chi connectivity index (χ4v) is 3.33. The van der Waals surface area contributed by atoms with Crippen LogP contribution < -0.4 is 10.6 Å². The SMILES string of the molecule is CN1C2CCC1CN(c1nc(Cl)ccc1N)CC2. The summed E-state index contributed by atoms with van der Waals surface area (Å²) in [4.78, 5) is 9.20. The van der Waals surface area contributed by atoms with Crippen molar-refractivity contribution in [1.82, 2.24) is 9.88 Å². The van der Waals surface area contributed by atoms with Crippen LogP contribution >= 0.6 is 11.6 Å². The van der Waals surface area contributed by atoms with Crippen molar-refractivity contribution in [2.75, 3.05) is 30.8 Å². The minimum Gasteiger partial charge on any atom is -0.396 e. The average Bonchev–Trinajstić information content (AvgIpc) is 2.57. The van der Waals surface area contributed by atoms with E-state index in [1.54, 1.807) is 6.07 Å². The fraction of sp³-hybridized carbons (Fsp3) is 0.615. The number of nitrogens with zero attached hydrogens (tertiary/aromatic N) is 3. The number of anilines is 2. The Labute approximate surface area is 113 Å². The third-order valence-electron chi connectivity index (χ3n) is 4.32. The molecular formula is C13H19ClN4. The molecule has 2 N–H and O–H groups in total. The van der Waals surface area contributed by atoms with E-state index in [0.717, 1.165) is 30.6 Å². The van der Waals surface area contributed by atoms with Gasteiger partial charge in [0, 0.05) is 25.2 Å². The lowest BCUT2D eigenvalue weighted by Crippen LogP contribution is -2.37. The van der Waals surface area contributed by atoms with Crippen molar-refractivity contribution in [3.63, 3.8) is 0 Å². The van der Waals surface area contributed by atoms with Gasteiger partial charge in [-0.3, -0.25) is 4.90 Å². The van der Waals surface area contributed by atoms with Gasteiger partial charge in [-0.15, -0.1) is 0 Å². The van der Waals surface area contributed by atoms with Gasteiger partial charge in [0.1, 0.15) is 5.15 Å². The third kappa shape index (κ3) is 2.04.